The Morgan fingerprint density at radius 3 is 2.70 bits per heavy atom. The first-order valence-electron chi connectivity index (χ1n) is 3.98. The highest BCUT2D eigenvalue weighted by molar-refractivity contribution is 4.77. The number of aliphatic hydroxyl groups is 1. The maximum Gasteiger partial charge on any atom is 0.0837 e. The second kappa shape index (κ2) is 3.35. The lowest BCUT2D eigenvalue weighted by atomic mass is 9.90. The van der Waals surface area contributed by atoms with E-state index in [-0.39, 0.29) is 12.7 Å². The molecule has 1 saturated heterocycles. The van der Waals surface area contributed by atoms with Crippen molar-refractivity contribution < 1.29 is 9.84 Å². The molecule has 0 aromatic carbocycles. The average molecular weight is 144 g/mol. The topological polar surface area (TPSA) is 29.5 Å². The van der Waals surface area contributed by atoms with Crippen molar-refractivity contribution in [2.24, 2.45) is 11.8 Å². The van der Waals surface area contributed by atoms with Gasteiger partial charge in [-0.05, 0) is 18.3 Å². The van der Waals surface area contributed by atoms with Crippen LogP contribution in [0.3, 0.4) is 0 Å². The van der Waals surface area contributed by atoms with E-state index in [9.17, 15) is 0 Å². The molecule has 1 N–H and O–H groups in total. The summed E-state index contributed by atoms with van der Waals surface area (Å²) in [6.07, 6.45) is 1.23. The minimum Gasteiger partial charge on any atom is -0.394 e. The normalized spacial score (nSPS) is 33.6. The molecule has 1 fully saturated rings. The molecule has 2 atom stereocenters. The van der Waals surface area contributed by atoms with Crippen LogP contribution in [0, 0.1) is 11.8 Å². The third-order valence-electron chi connectivity index (χ3n) is 2.30. The molecular weight excluding hydrogens is 128 g/mol. The highest BCUT2D eigenvalue weighted by Gasteiger charge is 2.29. The molecule has 0 bridgehead atoms. The molecule has 0 amide bonds. The molecule has 1 aliphatic rings. The lowest BCUT2D eigenvalue weighted by molar-refractivity contribution is 0.0307. The largest absolute Gasteiger partial charge is 0.394 e. The molecule has 0 aliphatic carbocycles. The monoisotopic (exact) mass is 144 g/mol. The predicted octanol–water partition coefficient (Wildman–Crippen LogP) is 1.04. The van der Waals surface area contributed by atoms with Crippen molar-refractivity contribution >= 4 is 0 Å². The summed E-state index contributed by atoms with van der Waals surface area (Å²) in [5.74, 6) is 1.21. The number of aliphatic hydroxyl groups excluding tert-OH is 1. The Labute approximate surface area is 62.2 Å². The smallest absolute Gasteiger partial charge is 0.0837 e. The van der Waals surface area contributed by atoms with Gasteiger partial charge in [0.2, 0.25) is 0 Å². The van der Waals surface area contributed by atoms with Crippen molar-refractivity contribution in [2.75, 3.05) is 13.2 Å². The molecule has 1 unspecified atom stereocenters. The molecule has 0 spiro atoms. The Morgan fingerprint density at radius 2 is 2.30 bits per heavy atom. The molecule has 1 heterocycles. The van der Waals surface area contributed by atoms with Gasteiger partial charge in [0, 0.05) is 6.61 Å². The van der Waals surface area contributed by atoms with Crippen LogP contribution in [0.25, 0.3) is 0 Å². The maximum absolute atomic E-state index is 8.86. The predicted molar refractivity (Wildman–Crippen MR) is 39.8 cm³/mol. The van der Waals surface area contributed by atoms with Gasteiger partial charge >= 0.3 is 0 Å². The molecule has 0 aromatic heterocycles. The van der Waals surface area contributed by atoms with Crippen molar-refractivity contribution in [3.8, 4) is 0 Å². The SMILES string of the molecule is CC(C)[C@H]1CCOC1CO. The van der Waals surface area contributed by atoms with E-state index in [0.717, 1.165) is 13.0 Å². The zero-order valence-corrected chi connectivity index (χ0v) is 6.71. The molecule has 0 saturated carbocycles. The molecular formula is C8H16O2. The maximum atomic E-state index is 8.86. The van der Waals surface area contributed by atoms with Crippen LogP contribution in [0.1, 0.15) is 20.3 Å². The molecule has 60 valence electrons. The number of hydrogen-bond donors (Lipinski definition) is 1. The van der Waals surface area contributed by atoms with Crippen LogP contribution in [0.5, 0.6) is 0 Å². The zero-order valence-electron chi connectivity index (χ0n) is 6.71. The molecule has 0 radical (unpaired) electrons. The van der Waals surface area contributed by atoms with Gasteiger partial charge in [0.15, 0.2) is 0 Å². The van der Waals surface area contributed by atoms with Crippen molar-refractivity contribution in [2.45, 2.75) is 26.4 Å². The first kappa shape index (κ1) is 8.02. The lowest BCUT2D eigenvalue weighted by Crippen LogP contribution is -2.24. The molecule has 1 rings (SSSR count). The second-order valence-corrected chi connectivity index (χ2v) is 3.29. The summed E-state index contributed by atoms with van der Waals surface area (Å²) in [6.45, 7) is 5.38. The Morgan fingerprint density at radius 1 is 1.60 bits per heavy atom. The molecule has 1 aliphatic heterocycles. The first-order chi connectivity index (χ1) is 4.75. The summed E-state index contributed by atoms with van der Waals surface area (Å²) in [5.41, 5.74) is 0. The van der Waals surface area contributed by atoms with E-state index >= 15 is 0 Å². The van der Waals surface area contributed by atoms with Gasteiger partial charge in [-0.2, -0.15) is 0 Å². The quantitative estimate of drug-likeness (QED) is 0.627. The Kier molecular flexibility index (Phi) is 2.69. The minimum absolute atomic E-state index is 0.111. The summed E-state index contributed by atoms with van der Waals surface area (Å²) in [5, 5.41) is 8.86. The van der Waals surface area contributed by atoms with Gasteiger partial charge < -0.3 is 9.84 Å². The first-order valence-corrected chi connectivity index (χ1v) is 3.98. The Balaban J connectivity index is 2.42. The van der Waals surface area contributed by atoms with Gasteiger partial charge in [0.05, 0.1) is 12.7 Å². The van der Waals surface area contributed by atoms with E-state index in [2.05, 4.69) is 13.8 Å². The summed E-state index contributed by atoms with van der Waals surface area (Å²) in [4.78, 5) is 0. The highest BCUT2D eigenvalue weighted by Crippen LogP contribution is 2.27. The molecule has 2 heteroatoms. The lowest BCUT2D eigenvalue weighted by Gasteiger charge is -2.19. The van der Waals surface area contributed by atoms with Crippen LogP contribution in [-0.2, 0) is 4.74 Å². The van der Waals surface area contributed by atoms with Gasteiger partial charge in [0.1, 0.15) is 0 Å². The fourth-order valence-corrected chi connectivity index (χ4v) is 1.62. The zero-order chi connectivity index (χ0) is 7.56. The van der Waals surface area contributed by atoms with Crippen LogP contribution in [-0.4, -0.2) is 24.4 Å². The van der Waals surface area contributed by atoms with Crippen molar-refractivity contribution in [1.82, 2.24) is 0 Å². The van der Waals surface area contributed by atoms with Crippen LogP contribution < -0.4 is 0 Å². The van der Waals surface area contributed by atoms with Crippen LogP contribution in [0.4, 0.5) is 0 Å². The summed E-state index contributed by atoms with van der Waals surface area (Å²) < 4.78 is 5.33. The standard InChI is InChI=1S/C8H16O2/c1-6(2)7-3-4-10-8(7)5-9/h6-9H,3-5H2,1-2H3/t7-,8?/m1/s1. The molecule has 2 nitrogen and oxygen atoms in total. The summed E-state index contributed by atoms with van der Waals surface area (Å²) in [6, 6.07) is 0. The van der Waals surface area contributed by atoms with E-state index in [1.165, 1.54) is 0 Å². The number of hydrogen-bond acceptors (Lipinski definition) is 2. The van der Waals surface area contributed by atoms with Gasteiger partial charge in [-0.15, -0.1) is 0 Å². The van der Waals surface area contributed by atoms with E-state index < -0.39 is 0 Å². The third kappa shape index (κ3) is 1.50. The second-order valence-electron chi connectivity index (χ2n) is 3.29. The summed E-state index contributed by atoms with van der Waals surface area (Å²) in [7, 11) is 0. The van der Waals surface area contributed by atoms with Crippen molar-refractivity contribution in [3.05, 3.63) is 0 Å². The van der Waals surface area contributed by atoms with Gasteiger partial charge in [0.25, 0.3) is 0 Å². The Hall–Kier alpha value is -0.0800. The van der Waals surface area contributed by atoms with E-state index in [0.29, 0.717) is 11.8 Å². The van der Waals surface area contributed by atoms with E-state index in [1.54, 1.807) is 0 Å². The Bertz CT molecular complexity index is 101. The van der Waals surface area contributed by atoms with Crippen molar-refractivity contribution in [1.29, 1.82) is 0 Å². The van der Waals surface area contributed by atoms with E-state index in [4.69, 9.17) is 9.84 Å². The number of ether oxygens (including phenoxy) is 1. The third-order valence-corrected chi connectivity index (χ3v) is 2.30. The minimum atomic E-state index is 0.111. The van der Waals surface area contributed by atoms with E-state index in [1.807, 2.05) is 0 Å². The highest BCUT2D eigenvalue weighted by atomic mass is 16.5. The van der Waals surface area contributed by atoms with Gasteiger partial charge in [-0.1, -0.05) is 13.8 Å². The van der Waals surface area contributed by atoms with Gasteiger partial charge in [-0.25, -0.2) is 0 Å². The van der Waals surface area contributed by atoms with Crippen LogP contribution in [0.15, 0.2) is 0 Å². The van der Waals surface area contributed by atoms with Crippen LogP contribution in [0.2, 0.25) is 0 Å². The van der Waals surface area contributed by atoms with Crippen LogP contribution >= 0.6 is 0 Å². The molecule has 10 heavy (non-hydrogen) atoms. The summed E-state index contributed by atoms with van der Waals surface area (Å²) >= 11 is 0. The van der Waals surface area contributed by atoms with Gasteiger partial charge in [-0.3, -0.25) is 0 Å². The fourth-order valence-electron chi connectivity index (χ4n) is 1.62. The number of rotatable bonds is 2. The molecule has 0 aromatic rings. The average Bonchev–Trinajstić information content (AvgIpc) is 2.33. The fraction of sp³-hybridized carbons (Fsp3) is 1.00. The van der Waals surface area contributed by atoms with Crippen molar-refractivity contribution in [3.63, 3.8) is 0 Å².